The molecule has 0 bridgehead atoms. The van der Waals surface area contributed by atoms with Gasteiger partial charge in [-0.15, -0.1) is 0 Å². The number of hydrogen-bond donors (Lipinski definition) is 1. The highest BCUT2D eigenvalue weighted by molar-refractivity contribution is 4.67. The van der Waals surface area contributed by atoms with Gasteiger partial charge in [0.1, 0.15) is 0 Å². The van der Waals surface area contributed by atoms with E-state index in [0.717, 1.165) is 39.6 Å². The second kappa shape index (κ2) is 5.54. The van der Waals surface area contributed by atoms with Crippen molar-refractivity contribution in [2.75, 3.05) is 46.2 Å². The zero-order valence-electron chi connectivity index (χ0n) is 8.74. The lowest BCUT2D eigenvalue weighted by Gasteiger charge is -2.41. The van der Waals surface area contributed by atoms with Crippen LogP contribution in [0, 0.1) is 0 Å². The maximum atomic E-state index is 8.86. The Morgan fingerprint density at radius 3 is 1.77 bits per heavy atom. The fraction of sp³-hybridized carbons (Fsp3) is 1.00. The second-order valence-corrected chi connectivity index (χ2v) is 3.52. The zero-order chi connectivity index (χ0) is 9.68. The summed E-state index contributed by atoms with van der Waals surface area (Å²) < 4.78 is 0. The van der Waals surface area contributed by atoms with Gasteiger partial charge in [-0.25, -0.2) is 0 Å². The van der Waals surface area contributed by atoms with Gasteiger partial charge in [0.25, 0.3) is 0 Å². The van der Waals surface area contributed by atoms with Crippen LogP contribution >= 0.6 is 0 Å². The van der Waals surface area contributed by atoms with Gasteiger partial charge in [-0.2, -0.15) is 0 Å². The Morgan fingerprint density at radius 2 is 1.38 bits per heavy atom. The van der Waals surface area contributed by atoms with E-state index >= 15 is 0 Å². The summed E-state index contributed by atoms with van der Waals surface area (Å²) in [5.41, 5.74) is 0. The lowest BCUT2D eigenvalue weighted by molar-refractivity contribution is -0.0299. The van der Waals surface area contributed by atoms with Crippen molar-refractivity contribution >= 4 is 0 Å². The predicted molar refractivity (Wildman–Crippen MR) is 53.2 cm³/mol. The molecular formula is C9H21N3O. The van der Waals surface area contributed by atoms with Crippen molar-refractivity contribution in [2.24, 2.45) is 0 Å². The molecular weight excluding hydrogens is 166 g/mol. The third-order valence-corrected chi connectivity index (χ3v) is 2.51. The molecule has 13 heavy (non-hydrogen) atoms. The summed E-state index contributed by atoms with van der Waals surface area (Å²) in [6, 6.07) is 0. The summed E-state index contributed by atoms with van der Waals surface area (Å²) in [7, 11) is 0. The Morgan fingerprint density at radius 1 is 0.923 bits per heavy atom. The summed E-state index contributed by atoms with van der Waals surface area (Å²) >= 11 is 0. The van der Waals surface area contributed by atoms with Crippen molar-refractivity contribution in [1.29, 1.82) is 0 Å². The molecule has 1 rings (SSSR count). The molecule has 0 aliphatic carbocycles. The van der Waals surface area contributed by atoms with Gasteiger partial charge in [0.2, 0.25) is 0 Å². The average molecular weight is 187 g/mol. The molecule has 0 aromatic heterocycles. The molecule has 0 unspecified atom stereocenters. The molecule has 0 aromatic rings. The van der Waals surface area contributed by atoms with Crippen LogP contribution in [0.4, 0.5) is 0 Å². The number of aliphatic hydroxyl groups is 1. The minimum absolute atomic E-state index is 0.259. The third-order valence-electron chi connectivity index (χ3n) is 2.51. The van der Waals surface area contributed by atoms with Crippen molar-refractivity contribution in [3.8, 4) is 0 Å². The molecule has 4 heteroatoms. The highest BCUT2D eigenvalue weighted by Crippen LogP contribution is 2.05. The van der Waals surface area contributed by atoms with E-state index in [0.29, 0.717) is 0 Å². The highest BCUT2D eigenvalue weighted by Gasteiger charge is 2.20. The molecule has 0 atom stereocenters. The Bertz CT molecular complexity index is 131. The first-order valence-electron chi connectivity index (χ1n) is 5.08. The number of hydrogen-bond acceptors (Lipinski definition) is 4. The fourth-order valence-corrected chi connectivity index (χ4v) is 1.67. The SMILES string of the molecule is CCN1CN(CC)CN(CCO)C1. The van der Waals surface area contributed by atoms with Crippen LogP contribution < -0.4 is 0 Å². The minimum atomic E-state index is 0.259. The van der Waals surface area contributed by atoms with Crippen LogP contribution in [0.1, 0.15) is 13.8 Å². The molecule has 1 N–H and O–H groups in total. The van der Waals surface area contributed by atoms with Gasteiger partial charge in [-0.05, 0) is 13.1 Å². The largest absolute Gasteiger partial charge is 0.395 e. The van der Waals surface area contributed by atoms with Gasteiger partial charge in [0.05, 0.1) is 26.6 Å². The highest BCUT2D eigenvalue weighted by atomic mass is 16.3. The van der Waals surface area contributed by atoms with E-state index in [-0.39, 0.29) is 6.61 Å². The summed E-state index contributed by atoms with van der Waals surface area (Å²) in [6.07, 6.45) is 0. The van der Waals surface area contributed by atoms with Crippen molar-refractivity contribution in [2.45, 2.75) is 13.8 Å². The molecule has 0 radical (unpaired) electrons. The van der Waals surface area contributed by atoms with Gasteiger partial charge in [-0.3, -0.25) is 14.7 Å². The number of aliphatic hydroxyl groups excluding tert-OH is 1. The lowest BCUT2D eigenvalue weighted by atomic mass is 10.4. The predicted octanol–water partition coefficient (Wildman–Crippen LogP) is -0.189. The smallest absolute Gasteiger partial charge is 0.0559 e. The molecule has 78 valence electrons. The van der Waals surface area contributed by atoms with E-state index < -0.39 is 0 Å². The van der Waals surface area contributed by atoms with E-state index in [2.05, 4.69) is 28.5 Å². The van der Waals surface area contributed by atoms with Crippen LogP contribution in [0.15, 0.2) is 0 Å². The number of β-amino-alcohol motifs (C(OH)–C–C–N with tert-alkyl or cyclic N) is 1. The molecule has 1 heterocycles. The Balaban J connectivity index is 2.39. The van der Waals surface area contributed by atoms with Gasteiger partial charge in [-0.1, -0.05) is 13.8 Å². The summed E-state index contributed by atoms with van der Waals surface area (Å²) in [5.74, 6) is 0. The fourth-order valence-electron chi connectivity index (χ4n) is 1.67. The molecule has 0 amide bonds. The maximum absolute atomic E-state index is 8.86. The first kappa shape index (κ1) is 10.9. The van der Waals surface area contributed by atoms with E-state index in [9.17, 15) is 0 Å². The van der Waals surface area contributed by atoms with Crippen molar-refractivity contribution in [3.63, 3.8) is 0 Å². The van der Waals surface area contributed by atoms with Crippen LogP contribution in [-0.2, 0) is 0 Å². The average Bonchev–Trinajstić information content (AvgIpc) is 2.17. The Hall–Kier alpha value is -0.160. The van der Waals surface area contributed by atoms with Crippen LogP contribution in [0.3, 0.4) is 0 Å². The van der Waals surface area contributed by atoms with Crippen molar-refractivity contribution in [1.82, 2.24) is 14.7 Å². The molecule has 0 spiro atoms. The van der Waals surface area contributed by atoms with Gasteiger partial charge < -0.3 is 5.11 Å². The van der Waals surface area contributed by atoms with Gasteiger partial charge in [0, 0.05) is 6.54 Å². The first-order chi connectivity index (χ1) is 6.30. The first-order valence-corrected chi connectivity index (χ1v) is 5.08. The Kier molecular flexibility index (Phi) is 4.66. The van der Waals surface area contributed by atoms with E-state index in [1.807, 2.05) is 0 Å². The molecule has 1 aliphatic rings. The molecule has 1 aliphatic heterocycles. The van der Waals surface area contributed by atoms with Crippen molar-refractivity contribution < 1.29 is 5.11 Å². The summed E-state index contributed by atoms with van der Waals surface area (Å²) in [4.78, 5) is 7.03. The van der Waals surface area contributed by atoms with Gasteiger partial charge in [0.15, 0.2) is 0 Å². The molecule has 0 saturated carbocycles. The number of nitrogens with zero attached hydrogens (tertiary/aromatic N) is 3. The lowest BCUT2D eigenvalue weighted by Crippen LogP contribution is -2.55. The number of rotatable bonds is 4. The minimum Gasteiger partial charge on any atom is -0.395 e. The van der Waals surface area contributed by atoms with Gasteiger partial charge >= 0.3 is 0 Å². The molecule has 4 nitrogen and oxygen atoms in total. The van der Waals surface area contributed by atoms with Crippen LogP contribution in [-0.4, -0.2) is 66.1 Å². The summed E-state index contributed by atoms with van der Waals surface area (Å²) in [6.45, 7) is 10.6. The second-order valence-electron chi connectivity index (χ2n) is 3.52. The van der Waals surface area contributed by atoms with E-state index in [4.69, 9.17) is 5.11 Å². The normalized spacial score (nSPS) is 22.4. The topological polar surface area (TPSA) is 30.0 Å². The summed E-state index contributed by atoms with van der Waals surface area (Å²) in [5, 5.41) is 8.86. The van der Waals surface area contributed by atoms with E-state index in [1.165, 1.54) is 0 Å². The monoisotopic (exact) mass is 187 g/mol. The Labute approximate surface area is 80.7 Å². The molecule has 1 fully saturated rings. The standard InChI is InChI=1S/C9H21N3O/c1-3-10-7-11(4-2)9-12(8-10)5-6-13/h13H,3-9H2,1-2H3. The van der Waals surface area contributed by atoms with Crippen molar-refractivity contribution in [3.05, 3.63) is 0 Å². The van der Waals surface area contributed by atoms with E-state index in [1.54, 1.807) is 0 Å². The van der Waals surface area contributed by atoms with Crippen LogP contribution in [0.2, 0.25) is 0 Å². The quantitative estimate of drug-likeness (QED) is 0.661. The molecule has 0 aromatic carbocycles. The molecule has 1 saturated heterocycles. The third kappa shape index (κ3) is 3.23. The maximum Gasteiger partial charge on any atom is 0.0559 e. The zero-order valence-corrected chi connectivity index (χ0v) is 8.74. The van der Waals surface area contributed by atoms with Crippen LogP contribution in [0.5, 0.6) is 0 Å². The van der Waals surface area contributed by atoms with Crippen LogP contribution in [0.25, 0.3) is 0 Å².